The summed E-state index contributed by atoms with van der Waals surface area (Å²) >= 11 is 0. The fourth-order valence-electron chi connectivity index (χ4n) is 2.34. The topological polar surface area (TPSA) is 72.5 Å². The van der Waals surface area contributed by atoms with Gasteiger partial charge in [0.2, 0.25) is 0 Å². The van der Waals surface area contributed by atoms with Crippen LogP contribution >= 0.6 is 0 Å². The molecule has 18 heavy (non-hydrogen) atoms. The molecule has 0 unspecified atom stereocenters. The number of nitrogens with one attached hydrogen (secondary N) is 1. The molecule has 0 radical (unpaired) electrons. The Morgan fingerprint density at radius 1 is 1.33 bits per heavy atom. The summed E-state index contributed by atoms with van der Waals surface area (Å²) < 4.78 is 0. The number of β-amino-alcohol motifs (C(OH)–C–C–N with tert-alkyl or cyclic N) is 1. The summed E-state index contributed by atoms with van der Waals surface area (Å²) in [7, 11) is 0. The van der Waals surface area contributed by atoms with Crippen LogP contribution in [0.1, 0.15) is 21.7 Å². The number of nitrogens with zero attached hydrogens (tertiary/aromatic N) is 3. The summed E-state index contributed by atoms with van der Waals surface area (Å²) in [6, 6.07) is 0. The van der Waals surface area contributed by atoms with E-state index in [1.54, 1.807) is 0 Å². The third-order valence-corrected chi connectivity index (χ3v) is 3.42. The normalized spacial score (nSPS) is 17.2. The number of rotatable bonds is 3. The van der Waals surface area contributed by atoms with Crippen LogP contribution in [0.4, 0.5) is 0 Å². The quantitative estimate of drug-likeness (QED) is 0.780. The van der Waals surface area contributed by atoms with E-state index in [0.29, 0.717) is 25.2 Å². The minimum absolute atomic E-state index is 0.0578. The lowest BCUT2D eigenvalue weighted by Gasteiger charge is -2.34. The van der Waals surface area contributed by atoms with Crippen molar-refractivity contribution in [2.45, 2.75) is 13.8 Å². The van der Waals surface area contributed by atoms with Crippen molar-refractivity contribution >= 4 is 5.91 Å². The molecule has 0 aromatic carbocycles. The number of aromatic amines is 1. The first-order chi connectivity index (χ1) is 8.63. The third-order valence-electron chi connectivity index (χ3n) is 3.42. The molecule has 6 heteroatoms. The first-order valence-corrected chi connectivity index (χ1v) is 6.27. The number of aromatic nitrogens is 2. The molecular weight excluding hydrogens is 232 g/mol. The molecular formula is C12H20N4O2. The number of H-pyrrole nitrogens is 1. The molecule has 1 amide bonds. The SMILES string of the molecule is Cc1n[nH]c(C)c1C(=O)N1CCN(CCO)CC1. The molecule has 1 fully saturated rings. The summed E-state index contributed by atoms with van der Waals surface area (Å²) in [5, 5.41) is 15.8. The van der Waals surface area contributed by atoms with E-state index >= 15 is 0 Å². The molecule has 0 bridgehead atoms. The van der Waals surface area contributed by atoms with Gasteiger partial charge in [-0.05, 0) is 13.8 Å². The smallest absolute Gasteiger partial charge is 0.257 e. The maximum absolute atomic E-state index is 12.4. The van der Waals surface area contributed by atoms with Gasteiger partial charge < -0.3 is 10.0 Å². The van der Waals surface area contributed by atoms with Crippen molar-refractivity contribution < 1.29 is 9.90 Å². The first kappa shape index (κ1) is 13.0. The Morgan fingerprint density at radius 3 is 2.50 bits per heavy atom. The molecule has 0 spiro atoms. The van der Waals surface area contributed by atoms with Gasteiger partial charge in [0.1, 0.15) is 0 Å². The molecule has 0 aliphatic carbocycles. The van der Waals surface area contributed by atoms with E-state index in [4.69, 9.17) is 5.11 Å². The number of hydrogen-bond acceptors (Lipinski definition) is 4. The van der Waals surface area contributed by atoms with Crippen molar-refractivity contribution in [3.05, 3.63) is 17.0 Å². The highest BCUT2D eigenvalue weighted by atomic mass is 16.3. The van der Waals surface area contributed by atoms with E-state index in [9.17, 15) is 4.79 Å². The molecule has 1 aromatic rings. The van der Waals surface area contributed by atoms with Crippen LogP contribution in [0.3, 0.4) is 0 Å². The van der Waals surface area contributed by atoms with Gasteiger partial charge in [-0.15, -0.1) is 0 Å². The Morgan fingerprint density at radius 2 is 2.00 bits per heavy atom. The number of aryl methyl sites for hydroxylation is 2. The van der Waals surface area contributed by atoms with Gasteiger partial charge in [0.25, 0.3) is 5.91 Å². The van der Waals surface area contributed by atoms with E-state index in [1.807, 2.05) is 18.7 Å². The lowest BCUT2D eigenvalue weighted by Crippen LogP contribution is -2.49. The number of carbonyl (C=O) groups is 1. The molecule has 0 atom stereocenters. The fraction of sp³-hybridized carbons (Fsp3) is 0.667. The zero-order chi connectivity index (χ0) is 13.1. The predicted octanol–water partition coefficient (Wildman–Crippen LogP) is -0.223. The van der Waals surface area contributed by atoms with Crippen LogP contribution in [-0.2, 0) is 0 Å². The van der Waals surface area contributed by atoms with E-state index in [1.165, 1.54) is 0 Å². The Hall–Kier alpha value is -1.40. The minimum Gasteiger partial charge on any atom is -0.395 e. The average molecular weight is 252 g/mol. The van der Waals surface area contributed by atoms with Gasteiger partial charge in [-0.3, -0.25) is 14.8 Å². The van der Waals surface area contributed by atoms with Crippen LogP contribution < -0.4 is 0 Å². The van der Waals surface area contributed by atoms with E-state index in [-0.39, 0.29) is 12.5 Å². The van der Waals surface area contributed by atoms with Gasteiger partial charge in [0.15, 0.2) is 0 Å². The minimum atomic E-state index is 0.0578. The third kappa shape index (κ3) is 2.54. The van der Waals surface area contributed by atoms with Crippen molar-refractivity contribution in [2.24, 2.45) is 0 Å². The number of aliphatic hydroxyl groups excluding tert-OH is 1. The Labute approximate surface area is 107 Å². The highest BCUT2D eigenvalue weighted by Gasteiger charge is 2.25. The zero-order valence-electron chi connectivity index (χ0n) is 10.9. The summed E-state index contributed by atoms with van der Waals surface area (Å²) in [4.78, 5) is 16.4. The van der Waals surface area contributed by atoms with Gasteiger partial charge >= 0.3 is 0 Å². The summed E-state index contributed by atoms with van der Waals surface area (Å²) in [6.07, 6.45) is 0. The highest BCUT2D eigenvalue weighted by Crippen LogP contribution is 2.14. The van der Waals surface area contributed by atoms with Gasteiger partial charge in [-0.1, -0.05) is 0 Å². The zero-order valence-corrected chi connectivity index (χ0v) is 10.9. The lowest BCUT2D eigenvalue weighted by atomic mass is 10.1. The largest absolute Gasteiger partial charge is 0.395 e. The van der Waals surface area contributed by atoms with Gasteiger partial charge in [-0.2, -0.15) is 5.10 Å². The molecule has 1 aromatic heterocycles. The van der Waals surface area contributed by atoms with Crippen molar-refractivity contribution in [3.8, 4) is 0 Å². The fourth-order valence-corrected chi connectivity index (χ4v) is 2.34. The summed E-state index contributed by atoms with van der Waals surface area (Å²) in [5.41, 5.74) is 2.29. The molecule has 100 valence electrons. The molecule has 0 saturated carbocycles. The number of carbonyl (C=O) groups excluding carboxylic acids is 1. The van der Waals surface area contributed by atoms with Gasteiger partial charge in [-0.25, -0.2) is 0 Å². The van der Waals surface area contributed by atoms with Crippen molar-refractivity contribution in [1.29, 1.82) is 0 Å². The predicted molar refractivity (Wildman–Crippen MR) is 67.5 cm³/mol. The molecule has 2 heterocycles. The molecule has 1 aliphatic rings. The van der Waals surface area contributed by atoms with Crippen LogP contribution in [0, 0.1) is 13.8 Å². The number of aliphatic hydroxyl groups is 1. The number of hydrogen-bond donors (Lipinski definition) is 2. The monoisotopic (exact) mass is 252 g/mol. The maximum atomic E-state index is 12.4. The second-order valence-corrected chi connectivity index (χ2v) is 4.67. The van der Waals surface area contributed by atoms with Crippen LogP contribution in [0.5, 0.6) is 0 Å². The molecule has 1 saturated heterocycles. The molecule has 6 nitrogen and oxygen atoms in total. The van der Waals surface area contributed by atoms with Crippen LogP contribution in [0.25, 0.3) is 0 Å². The second-order valence-electron chi connectivity index (χ2n) is 4.67. The second kappa shape index (κ2) is 5.49. The van der Waals surface area contributed by atoms with E-state index in [0.717, 1.165) is 24.5 Å². The standard InChI is InChI=1S/C12H20N4O2/c1-9-11(10(2)14-13-9)12(18)16-5-3-15(4-6-16)7-8-17/h17H,3-8H2,1-2H3,(H,13,14). The number of piperazine rings is 1. The van der Waals surface area contributed by atoms with Crippen LogP contribution in [0.15, 0.2) is 0 Å². The maximum Gasteiger partial charge on any atom is 0.257 e. The van der Waals surface area contributed by atoms with Crippen LogP contribution in [-0.4, -0.2) is 70.3 Å². The number of amides is 1. The highest BCUT2D eigenvalue weighted by molar-refractivity contribution is 5.96. The van der Waals surface area contributed by atoms with Crippen LogP contribution in [0.2, 0.25) is 0 Å². The Balaban J connectivity index is 2.00. The van der Waals surface area contributed by atoms with Gasteiger partial charge in [0.05, 0.1) is 17.9 Å². The van der Waals surface area contributed by atoms with E-state index < -0.39 is 0 Å². The molecule has 2 N–H and O–H groups in total. The first-order valence-electron chi connectivity index (χ1n) is 6.27. The van der Waals surface area contributed by atoms with E-state index in [2.05, 4.69) is 15.1 Å². The molecule has 2 rings (SSSR count). The van der Waals surface area contributed by atoms with Crippen molar-refractivity contribution in [3.63, 3.8) is 0 Å². The average Bonchev–Trinajstić information content (AvgIpc) is 2.70. The Bertz CT molecular complexity index is 402. The molecule has 1 aliphatic heterocycles. The van der Waals surface area contributed by atoms with Crippen molar-refractivity contribution in [2.75, 3.05) is 39.3 Å². The van der Waals surface area contributed by atoms with Crippen molar-refractivity contribution in [1.82, 2.24) is 20.0 Å². The summed E-state index contributed by atoms with van der Waals surface area (Å²) in [5.74, 6) is 0.0578. The van der Waals surface area contributed by atoms with Gasteiger partial charge in [0, 0.05) is 38.4 Å². The summed E-state index contributed by atoms with van der Waals surface area (Å²) in [6.45, 7) is 7.64. The Kier molecular flexibility index (Phi) is 3.98. The lowest BCUT2D eigenvalue weighted by molar-refractivity contribution is 0.0613.